The van der Waals surface area contributed by atoms with E-state index >= 15 is 0 Å². The molecule has 0 aliphatic rings. The fourth-order valence-electron chi connectivity index (χ4n) is 3.29. The molecular formula is C23H14ClF3N6O. The van der Waals surface area contributed by atoms with E-state index in [0.29, 0.717) is 16.3 Å². The summed E-state index contributed by atoms with van der Waals surface area (Å²) in [6, 6.07) is 10.8. The fraction of sp³-hybridized carbons (Fsp3) is 0.0870. The number of hydrogen-bond acceptors (Lipinski definition) is 4. The molecule has 170 valence electrons. The molecule has 0 saturated carbocycles. The third-order valence-corrected chi connectivity index (χ3v) is 5.23. The van der Waals surface area contributed by atoms with Crippen LogP contribution in [-0.4, -0.2) is 25.9 Å². The van der Waals surface area contributed by atoms with Crippen LogP contribution in [0, 0.1) is 13.5 Å². The third kappa shape index (κ3) is 4.60. The van der Waals surface area contributed by atoms with Crippen LogP contribution in [0.3, 0.4) is 0 Å². The Morgan fingerprint density at radius 1 is 1.09 bits per heavy atom. The van der Waals surface area contributed by atoms with Gasteiger partial charge in [-0.2, -0.15) is 23.4 Å². The van der Waals surface area contributed by atoms with E-state index in [1.54, 1.807) is 43.3 Å². The Balaban J connectivity index is 1.61. The van der Waals surface area contributed by atoms with Crippen molar-refractivity contribution in [1.29, 1.82) is 0 Å². The minimum absolute atomic E-state index is 0.129. The number of halogens is 4. The van der Waals surface area contributed by atoms with Crippen LogP contribution in [0.4, 0.5) is 24.5 Å². The highest BCUT2D eigenvalue weighted by Gasteiger charge is 2.36. The van der Waals surface area contributed by atoms with Gasteiger partial charge >= 0.3 is 6.18 Å². The number of aryl methyl sites for hydroxylation is 1. The lowest BCUT2D eigenvalue weighted by Gasteiger charge is -2.14. The molecule has 1 N–H and O–H groups in total. The van der Waals surface area contributed by atoms with Crippen molar-refractivity contribution >= 4 is 28.9 Å². The molecule has 0 saturated heterocycles. The van der Waals surface area contributed by atoms with Gasteiger partial charge < -0.3 is 5.32 Å². The summed E-state index contributed by atoms with van der Waals surface area (Å²) in [6.45, 7) is 8.90. The highest BCUT2D eigenvalue weighted by atomic mass is 35.5. The van der Waals surface area contributed by atoms with Gasteiger partial charge in [0.15, 0.2) is 5.82 Å². The molecule has 11 heteroatoms. The molecular weight excluding hydrogens is 469 g/mol. The smallest absolute Gasteiger partial charge is 0.321 e. The second-order valence-corrected chi connectivity index (χ2v) is 7.58. The van der Waals surface area contributed by atoms with E-state index in [9.17, 15) is 18.0 Å². The number of carbonyl (C=O) groups is 1. The normalized spacial score (nSPS) is 11.2. The molecule has 2 heterocycles. The van der Waals surface area contributed by atoms with Crippen LogP contribution < -0.4 is 5.32 Å². The topological polar surface area (TPSA) is 77.1 Å². The van der Waals surface area contributed by atoms with Crippen molar-refractivity contribution in [1.82, 2.24) is 20.0 Å². The molecule has 0 radical (unpaired) electrons. The van der Waals surface area contributed by atoms with E-state index in [1.165, 1.54) is 12.4 Å². The van der Waals surface area contributed by atoms with Gasteiger partial charge in [-0.05, 0) is 41.8 Å². The second kappa shape index (κ2) is 8.96. The molecule has 0 aliphatic carbocycles. The predicted molar refractivity (Wildman–Crippen MR) is 120 cm³/mol. The minimum atomic E-state index is -4.74. The zero-order valence-electron chi connectivity index (χ0n) is 17.4. The van der Waals surface area contributed by atoms with Crippen LogP contribution in [0.15, 0.2) is 61.1 Å². The molecule has 0 bridgehead atoms. The first-order valence-electron chi connectivity index (χ1n) is 9.70. The number of amides is 1. The number of nitrogens with zero attached hydrogens (tertiary/aromatic N) is 5. The van der Waals surface area contributed by atoms with Crippen LogP contribution in [0.5, 0.6) is 0 Å². The van der Waals surface area contributed by atoms with Crippen LogP contribution in [-0.2, 0) is 6.18 Å². The molecule has 0 aliphatic heterocycles. The first-order chi connectivity index (χ1) is 16.2. The summed E-state index contributed by atoms with van der Waals surface area (Å²) in [4.78, 5) is 20.7. The Kier molecular flexibility index (Phi) is 6.04. The molecule has 4 rings (SSSR count). The molecule has 0 fully saturated rings. The Hall–Kier alpha value is -4.23. The maximum absolute atomic E-state index is 13.6. The maximum Gasteiger partial charge on any atom is 0.420 e. The molecule has 34 heavy (non-hydrogen) atoms. The van der Waals surface area contributed by atoms with Crippen molar-refractivity contribution in [2.45, 2.75) is 13.1 Å². The Labute approximate surface area is 196 Å². The zero-order chi connectivity index (χ0) is 24.5. The lowest BCUT2D eigenvalue weighted by molar-refractivity contribution is -0.137. The Bertz CT molecular complexity index is 1430. The fourth-order valence-corrected chi connectivity index (χ4v) is 3.45. The number of hydrogen-bond donors (Lipinski definition) is 1. The van der Waals surface area contributed by atoms with E-state index in [4.69, 9.17) is 18.2 Å². The summed E-state index contributed by atoms with van der Waals surface area (Å²) in [5.74, 6) is -1.10. The molecule has 0 spiro atoms. The summed E-state index contributed by atoms with van der Waals surface area (Å²) in [6.07, 6.45) is -1.17. The van der Waals surface area contributed by atoms with E-state index in [0.717, 1.165) is 28.2 Å². The summed E-state index contributed by atoms with van der Waals surface area (Å²) in [5.41, 5.74) is 1.45. The standard InChI is InChI=1S/C23H14ClF3N6O/c1-13-9-14(15-4-6-19(24)20(10-15)28-2)3-5-17(13)22(34)32-16-11-18(23(25,26)27)21(29-12-16)33-30-7-8-31-33/h3-12H,1H3,(H,32,34). The minimum Gasteiger partial charge on any atom is -0.321 e. The first kappa shape index (κ1) is 22.9. The molecule has 7 nitrogen and oxygen atoms in total. The molecule has 2 aromatic heterocycles. The van der Waals surface area contributed by atoms with Crippen molar-refractivity contribution in [2.75, 3.05) is 5.32 Å². The lowest BCUT2D eigenvalue weighted by atomic mass is 9.99. The summed E-state index contributed by atoms with van der Waals surface area (Å²) < 4.78 is 40.7. The Morgan fingerprint density at radius 3 is 2.41 bits per heavy atom. The third-order valence-electron chi connectivity index (χ3n) is 4.91. The van der Waals surface area contributed by atoms with Crippen molar-refractivity contribution in [3.05, 3.63) is 94.2 Å². The number of aromatic nitrogens is 4. The van der Waals surface area contributed by atoms with Gasteiger partial charge in [-0.15, -0.1) is 4.80 Å². The average Bonchev–Trinajstić information content (AvgIpc) is 3.33. The van der Waals surface area contributed by atoms with Crippen LogP contribution >= 0.6 is 11.6 Å². The number of rotatable bonds is 4. The van der Waals surface area contributed by atoms with Gasteiger partial charge in [-0.3, -0.25) is 4.79 Å². The average molecular weight is 483 g/mol. The van der Waals surface area contributed by atoms with Crippen LogP contribution in [0.25, 0.3) is 21.8 Å². The van der Waals surface area contributed by atoms with Crippen molar-refractivity contribution in [2.24, 2.45) is 0 Å². The summed E-state index contributed by atoms with van der Waals surface area (Å²) in [5, 5.41) is 10.2. The SMILES string of the molecule is [C-]#[N+]c1cc(-c2ccc(C(=O)Nc3cnc(-n4nccn4)c(C(F)(F)F)c3)c(C)c2)ccc1Cl. The number of pyridine rings is 1. The zero-order valence-corrected chi connectivity index (χ0v) is 18.2. The van der Waals surface area contributed by atoms with E-state index in [2.05, 4.69) is 25.3 Å². The monoisotopic (exact) mass is 482 g/mol. The van der Waals surface area contributed by atoms with Gasteiger partial charge in [0.05, 0.1) is 30.9 Å². The number of alkyl halides is 3. The van der Waals surface area contributed by atoms with Crippen LogP contribution in [0.2, 0.25) is 5.02 Å². The molecule has 0 unspecified atom stereocenters. The van der Waals surface area contributed by atoms with Gasteiger partial charge in [0.25, 0.3) is 5.91 Å². The first-order valence-corrected chi connectivity index (χ1v) is 10.1. The van der Waals surface area contributed by atoms with Crippen molar-refractivity contribution in [3.63, 3.8) is 0 Å². The number of carbonyl (C=O) groups excluding carboxylic acids is 1. The predicted octanol–water partition coefficient (Wildman–Crippen LogP) is 6.11. The largest absolute Gasteiger partial charge is 0.420 e. The van der Waals surface area contributed by atoms with Crippen molar-refractivity contribution < 1.29 is 18.0 Å². The summed E-state index contributed by atoms with van der Waals surface area (Å²) >= 11 is 5.99. The van der Waals surface area contributed by atoms with Gasteiger partial charge in [-0.25, -0.2) is 9.83 Å². The molecule has 4 aromatic rings. The van der Waals surface area contributed by atoms with E-state index in [1.807, 2.05) is 0 Å². The number of anilines is 1. The van der Waals surface area contributed by atoms with Gasteiger partial charge in [0.1, 0.15) is 5.56 Å². The highest BCUT2D eigenvalue weighted by Crippen LogP contribution is 2.35. The molecule has 0 atom stereocenters. The van der Waals surface area contributed by atoms with Crippen molar-refractivity contribution in [3.8, 4) is 16.9 Å². The number of nitrogens with one attached hydrogen (secondary N) is 1. The lowest BCUT2D eigenvalue weighted by Crippen LogP contribution is -2.17. The van der Waals surface area contributed by atoms with Gasteiger partial charge in [0.2, 0.25) is 5.69 Å². The number of benzene rings is 2. The Morgan fingerprint density at radius 2 is 1.76 bits per heavy atom. The molecule has 1 amide bonds. The maximum atomic E-state index is 13.6. The van der Waals surface area contributed by atoms with E-state index in [-0.39, 0.29) is 11.3 Å². The van der Waals surface area contributed by atoms with Gasteiger partial charge in [-0.1, -0.05) is 35.9 Å². The second-order valence-electron chi connectivity index (χ2n) is 7.17. The highest BCUT2D eigenvalue weighted by molar-refractivity contribution is 6.33. The van der Waals surface area contributed by atoms with E-state index < -0.39 is 23.5 Å². The van der Waals surface area contributed by atoms with Gasteiger partial charge in [0, 0.05) is 10.6 Å². The summed E-state index contributed by atoms with van der Waals surface area (Å²) in [7, 11) is 0. The quantitative estimate of drug-likeness (QED) is 0.356. The van der Waals surface area contributed by atoms with Crippen LogP contribution in [0.1, 0.15) is 21.5 Å². The molecule has 2 aromatic carbocycles.